The standard InChI is InChI=1S/C20H23N3O4/c1-4-21-19(24)13-27-17-10-9-15(11-18(17)26-3)12-22-23-20(25)16-8-6-5-7-14(16)2/h5-12H,4,13H2,1-3H3,(H,21,24)(H,23,25)/b22-12-. The Bertz CT molecular complexity index is 834. The Morgan fingerprint density at radius 1 is 1.15 bits per heavy atom. The summed E-state index contributed by atoms with van der Waals surface area (Å²) in [7, 11) is 1.51. The zero-order valence-electron chi connectivity index (χ0n) is 15.6. The van der Waals surface area contributed by atoms with Crippen LogP contribution < -0.4 is 20.2 Å². The van der Waals surface area contributed by atoms with Crippen molar-refractivity contribution >= 4 is 18.0 Å². The van der Waals surface area contributed by atoms with Crippen molar-refractivity contribution in [3.8, 4) is 11.5 Å². The second-order valence-electron chi connectivity index (χ2n) is 5.67. The number of nitrogens with one attached hydrogen (secondary N) is 2. The lowest BCUT2D eigenvalue weighted by atomic mass is 10.1. The summed E-state index contributed by atoms with van der Waals surface area (Å²) in [5, 5.41) is 6.63. The van der Waals surface area contributed by atoms with Gasteiger partial charge < -0.3 is 14.8 Å². The molecule has 0 bridgehead atoms. The van der Waals surface area contributed by atoms with Gasteiger partial charge in [-0.15, -0.1) is 0 Å². The van der Waals surface area contributed by atoms with E-state index >= 15 is 0 Å². The number of hydrogen-bond donors (Lipinski definition) is 2. The van der Waals surface area contributed by atoms with Crippen molar-refractivity contribution in [1.29, 1.82) is 0 Å². The molecule has 0 heterocycles. The number of hydrazone groups is 1. The van der Waals surface area contributed by atoms with Crippen LogP contribution in [0.1, 0.15) is 28.4 Å². The van der Waals surface area contributed by atoms with Gasteiger partial charge in [-0.05, 0) is 49.2 Å². The molecule has 0 aromatic heterocycles. The summed E-state index contributed by atoms with van der Waals surface area (Å²) in [6.07, 6.45) is 1.51. The minimum absolute atomic E-state index is 0.0931. The molecule has 0 aliphatic carbocycles. The summed E-state index contributed by atoms with van der Waals surface area (Å²) in [5.74, 6) is 0.431. The van der Waals surface area contributed by atoms with Crippen LogP contribution in [0.25, 0.3) is 0 Å². The van der Waals surface area contributed by atoms with E-state index in [-0.39, 0.29) is 18.4 Å². The van der Waals surface area contributed by atoms with Crippen molar-refractivity contribution in [3.63, 3.8) is 0 Å². The molecule has 27 heavy (non-hydrogen) atoms. The van der Waals surface area contributed by atoms with Gasteiger partial charge in [0.25, 0.3) is 11.8 Å². The van der Waals surface area contributed by atoms with E-state index in [1.165, 1.54) is 13.3 Å². The van der Waals surface area contributed by atoms with E-state index in [2.05, 4.69) is 15.8 Å². The molecular formula is C20H23N3O4. The lowest BCUT2D eigenvalue weighted by molar-refractivity contribution is -0.123. The summed E-state index contributed by atoms with van der Waals surface area (Å²) in [5.41, 5.74) is 4.66. The van der Waals surface area contributed by atoms with E-state index in [1.54, 1.807) is 30.3 Å². The molecule has 0 atom stereocenters. The number of methoxy groups -OCH3 is 1. The number of rotatable bonds is 8. The third-order valence-electron chi connectivity index (χ3n) is 3.69. The van der Waals surface area contributed by atoms with Gasteiger partial charge in [0.05, 0.1) is 13.3 Å². The number of likely N-dealkylation sites (N-methyl/N-ethyl adjacent to an activating group) is 1. The molecule has 2 rings (SSSR count). The second-order valence-corrected chi connectivity index (χ2v) is 5.67. The van der Waals surface area contributed by atoms with Crippen molar-refractivity contribution in [3.05, 3.63) is 59.2 Å². The highest BCUT2D eigenvalue weighted by Crippen LogP contribution is 2.27. The predicted octanol–water partition coefficient (Wildman–Crippen LogP) is 2.28. The van der Waals surface area contributed by atoms with Crippen LogP contribution >= 0.6 is 0 Å². The van der Waals surface area contributed by atoms with Crippen LogP contribution in [0.4, 0.5) is 0 Å². The molecule has 0 aliphatic rings. The quantitative estimate of drug-likeness (QED) is 0.552. The Hall–Kier alpha value is -3.35. The van der Waals surface area contributed by atoms with Crippen LogP contribution in [0.5, 0.6) is 11.5 Å². The SMILES string of the molecule is CCNC(=O)COc1ccc(/C=N\NC(=O)c2ccccc2C)cc1OC. The van der Waals surface area contributed by atoms with Crippen molar-refractivity contribution in [1.82, 2.24) is 10.7 Å². The lowest BCUT2D eigenvalue weighted by Crippen LogP contribution is -2.28. The zero-order chi connectivity index (χ0) is 19.6. The molecule has 7 heteroatoms. The first kappa shape index (κ1) is 20.0. The van der Waals surface area contributed by atoms with Gasteiger partial charge in [-0.2, -0.15) is 5.10 Å². The van der Waals surface area contributed by atoms with Gasteiger partial charge in [-0.3, -0.25) is 9.59 Å². The van der Waals surface area contributed by atoms with Gasteiger partial charge in [0.2, 0.25) is 0 Å². The minimum Gasteiger partial charge on any atom is -0.493 e. The molecule has 0 unspecified atom stereocenters. The largest absolute Gasteiger partial charge is 0.493 e. The number of nitrogens with zero attached hydrogens (tertiary/aromatic N) is 1. The fourth-order valence-corrected chi connectivity index (χ4v) is 2.33. The minimum atomic E-state index is -0.279. The van der Waals surface area contributed by atoms with Crippen LogP contribution in [0.3, 0.4) is 0 Å². The Balaban J connectivity index is 2.00. The topological polar surface area (TPSA) is 89.0 Å². The Labute approximate surface area is 158 Å². The van der Waals surface area contributed by atoms with Crippen molar-refractivity contribution in [2.45, 2.75) is 13.8 Å². The van der Waals surface area contributed by atoms with Crippen LogP contribution in [0, 0.1) is 6.92 Å². The summed E-state index contributed by atoms with van der Waals surface area (Å²) in [6, 6.07) is 12.4. The Morgan fingerprint density at radius 2 is 1.93 bits per heavy atom. The molecule has 0 radical (unpaired) electrons. The first-order chi connectivity index (χ1) is 13.0. The first-order valence-electron chi connectivity index (χ1n) is 8.51. The van der Waals surface area contributed by atoms with Crippen molar-refractivity contribution in [2.75, 3.05) is 20.3 Å². The summed E-state index contributed by atoms with van der Waals surface area (Å²) in [6.45, 7) is 4.15. The average molecular weight is 369 g/mol. The van der Waals surface area contributed by atoms with Crippen LogP contribution in [0.2, 0.25) is 0 Å². The lowest BCUT2D eigenvalue weighted by Gasteiger charge is -2.11. The maximum Gasteiger partial charge on any atom is 0.271 e. The third kappa shape index (κ3) is 5.85. The Morgan fingerprint density at radius 3 is 2.63 bits per heavy atom. The summed E-state index contributed by atoms with van der Waals surface area (Å²) in [4.78, 5) is 23.6. The van der Waals surface area contributed by atoms with Crippen molar-refractivity contribution < 1.29 is 19.1 Å². The molecule has 0 saturated carbocycles. The number of carbonyl (C=O) groups excluding carboxylic acids is 2. The first-order valence-corrected chi connectivity index (χ1v) is 8.51. The zero-order valence-corrected chi connectivity index (χ0v) is 15.6. The molecule has 142 valence electrons. The van der Waals surface area contributed by atoms with Crippen LogP contribution in [-0.4, -0.2) is 38.3 Å². The van der Waals surface area contributed by atoms with Gasteiger partial charge in [0, 0.05) is 12.1 Å². The molecule has 2 amide bonds. The number of hydrogen-bond acceptors (Lipinski definition) is 5. The molecule has 0 spiro atoms. The number of ether oxygens (including phenoxy) is 2. The second kappa shape index (κ2) is 9.96. The highest BCUT2D eigenvalue weighted by molar-refractivity contribution is 5.96. The predicted molar refractivity (Wildman–Crippen MR) is 103 cm³/mol. The van der Waals surface area contributed by atoms with Crippen LogP contribution in [0.15, 0.2) is 47.6 Å². The molecule has 0 saturated heterocycles. The maximum absolute atomic E-state index is 12.1. The van der Waals surface area contributed by atoms with Gasteiger partial charge in [-0.1, -0.05) is 18.2 Å². The van der Waals surface area contributed by atoms with E-state index in [9.17, 15) is 9.59 Å². The fraction of sp³-hybridized carbons (Fsp3) is 0.250. The van der Waals surface area contributed by atoms with E-state index in [0.717, 1.165) is 5.56 Å². The molecule has 7 nitrogen and oxygen atoms in total. The average Bonchev–Trinajstić information content (AvgIpc) is 2.67. The highest BCUT2D eigenvalue weighted by atomic mass is 16.5. The fourth-order valence-electron chi connectivity index (χ4n) is 2.33. The van der Waals surface area contributed by atoms with Crippen LogP contribution in [-0.2, 0) is 4.79 Å². The molecule has 0 aliphatic heterocycles. The maximum atomic E-state index is 12.1. The van der Waals surface area contributed by atoms with E-state index in [4.69, 9.17) is 9.47 Å². The molecule has 0 fully saturated rings. The van der Waals surface area contributed by atoms with Gasteiger partial charge in [0.1, 0.15) is 0 Å². The monoisotopic (exact) mass is 369 g/mol. The molecule has 2 aromatic rings. The smallest absolute Gasteiger partial charge is 0.271 e. The van der Waals surface area contributed by atoms with Gasteiger partial charge >= 0.3 is 0 Å². The summed E-state index contributed by atoms with van der Waals surface area (Å²) < 4.78 is 10.7. The number of benzene rings is 2. The van der Waals surface area contributed by atoms with Crippen molar-refractivity contribution in [2.24, 2.45) is 5.10 Å². The molecule has 2 aromatic carbocycles. The van der Waals surface area contributed by atoms with E-state index in [1.807, 2.05) is 26.0 Å². The highest BCUT2D eigenvalue weighted by Gasteiger charge is 2.09. The molecule has 2 N–H and O–H groups in total. The number of aryl methyl sites for hydroxylation is 1. The van der Waals surface area contributed by atoms with E-state index in [0.29, 0.717) is 29.2 Å². The number of carbonyl (C=O) groups is 2. The number of amides is 2. The summed E-state index contributed by atoms with van der Waals surface area (Å²) >= 11 is 0. The third-order valence-corrected chi connectivity index (χ3v) is 3.69. The van der Waals surface area contributed by atoms with E-state index < -0.39 is 0 Å². The van der Waals surface area contributed by atoms with Gasteiger partial charge in [-0.25, -0.2) is 5.43 Å². The normalized spacial score (nSPS) is 10.5. The van der Waals surface area contributed by atoms with Gasteiger partial charge in [0.15, 0.2) is 18.1 Å². The Kier molecular flexibility index (Phi) is 7.37. The molecular weight excluding hydrogens is 346 g/mol.